The number of aliphatic imine (C=N–C) groups is 1. The van der Waals surface area contributed by atoms with Crippen LogP contribution in [-0.2, 0) is 13.0 Å². The minimum Gasteiger partial charge on any atom is -0.387 e. The first kappa shape index (κ1) is 35.5. The van der Waals surface area contributed by atoms with Gasteiger partial charge in [0.15, 0.2) is 5.82 Å². The van der Waals surface area contributed by atoms with Gasteiger partial charge in [-0.2, -0.15) is 18.2 Å². The van der Waals surface area contributed by atoms with Gasteiger partial charge in [-0.15, -0.1) is 13.2 Å². The number of nitrogens with zero attached hydrogens (tertiary/aromatic N) is 3. The van der Waals surface area contributed by atoms with Gasteiger partial charge in [-0.25, -0.2) is 9.18 Å². The van der Waals surface area contributed by atoms with Crippen molar-refractivity contribution in [2.75, 3.05) is 13.1 Å². The number of halogens is 5. The second-order valence-electron chi connectivity index (χ2n) is 10.6. The molecule has 0 bridgehead atoms. The number of nitrogens with one attached hydrogen (secondary N) is 2. The number of fused-ring (bicyclic) bond motifs is 1. The van der Waals surface area contributed by atoms with Crippen molar-refractivity contribution in [1.29, 1.82) is 0 Å². The summed E-state index contributed by atoms with van der Waals surface area (Å²) in [7, 11) is 0. The summed E-state index contributed by atoms with van der Waals surface area (Å²) in [6.45, 7) is 9.21. The lowest BCUT2D eigenvalue weighted by molar-refractivity contribution is -0.121. The van der Waals surface area contributed by atoms with Crippen molar-refractivity contribution in [2.24, 2.45) is 16.5 Å². The number of hydrogen-bond acceptors (Lipinski definition) is 5. The summed E-state index contributed by atoms with van der Waals surface area (Å²) in [5.41, 5.74) is 14.2. The average molecular weight is 648 g/mol. The molecule has 6 N–H and O–H groups in total. The molecule has 0 aliphatic rings. The van der Waals surface area contributed by atoms with E-state index in [1.165, 1.54) is 4.57 Å². The zero-order chi connectivity index (χ0) is 33.1. The zero-order valence-corrected chi connectivity index (χ0v) is 25.8. The molecule has 0 saturated heterocycles. The number of hydrogen-bond donors (Lipinski definition) is 4. The standard InChI is InChI=1S/C30H34ClF4N7O.C2H4/c1-18(36)4-2-5-20-12-23(27(32)24(31)13-20)25-14-21-17-42(29(43)41-28(21)40-25)22-8-6-19(7-9-22)16-38-10-3-11-39-26(37)15-30(33,34)35;1-2/h6-9,12-14,17-18,38H,2-5,10-11,15-16,36H2,1H3,(H2,37,39)(H,40,41,43);1-2H2. The van der Waals surface area contributed by atoms with Gasteiger partial charge in [0.1, 0.15) is 17.9 Å². The molecule has 8 nitrogen and oxygen atoms in total. The minimum atomic E-state index is -4.36. The van der Waals surface area contributed by atoms with Crippen LogP contribution >= 0.6 is 11.6 Å². The quantitative estimate of drug-likeness (QED) is 0.0437. The summed E-state index contributed by atoms with van der Waals surface area (Å²) >= 11 is 6.21. The Labute approximate surface area is 264 Å². The fourth-order valence-electron chi connectivity index (χ4n) is 4.63. The highest BCUT2D eigenvalue weighted by Crippen LogP contribution is 2.31. The molecule has 0 spiro atoms. The number of aromatic nitrogens is 3. The fraction of sp³-hybridized carbons (Fsp3) is 0.344. The van der Waals surface area contributed by atoms with Crippen LogP contribution in [0.15, 0.2) is 71.6 Å². The van der Waals surface area contributed by atoms with Gasteiger partial charge in [0.25, 0.3) is 0 Å². The predicted octanol–water partition coefficient (Wildman–Crippen LogP) is 6.43. The summed E-state index contributed by atoms with van der Waals surface area (Å²) in [6, 6.07) is 12.5. The first-order valence-electron chi connectivity index (χ1n) is 14.4. The van der Waals surface area contributed by atoms with Crippen LogP contribution in [0.2, 0.25) is 5.02 Å². The van der Waals surface area contributed by atoms with Gasteiger partial charge in [-0.1, -0.05) is 23.7 Å². The summed E-state index contributed by atoms with van der Waals surface area (Å²) < 4.78 is 53.3. The smallest absolute Gasteiger partial charge is 0.387 e. The lowest BCUT2D eigenvalue weighted by atomic mass is 10.0. The van der Waals surface area contributed by atoms with Crippen molar-refractivity contribution < 1.29 is 17.6 Å². The third-order valence-electron chi connectivity index (χ3n) is 6.76. The Morgan fingerprint density at radius 1 is 1.16 bits per heavy atom. The Kier molecular flexibility index (Phi) is 12.9. The van der Waals surface area contributed by atoms with E-state index >= 15 is 4.39 Å². The Bertz CT molecular complexity index is 1650. The van der Waals surface area contributed by atoms with Crippen LogP contribution in [0, 0.1) is 5.82 Å². The lowest BCUT2D eigenvalue weighted by Crippen LogP contribution is -2.23. The van der Waals surface area contributed by atoms with E-state index in [-0.39, 0.29) is 17.6 Å². The Morgan fingerprint density at radius 2 is 1.87 bits per heavy atom. The van der Waals surface area contributed by atoms with E-state index in [1.54, 1.807) is 36.5 Å². The predicted molar refractivity (Wildman–Crippen MR) is 173 cm³/mol. The third kappa shape index (κ3) is 10.5. The van der Waals surface area contributed by atoms with Crippen LogP contribution in [-0.4, -0.2) is 45.7 Å². The van der Waals surface area contributed by atoms with Gasteiger partial charge in [-0.3, -0.25) is 9.56 Å². The van der Waals surface area contributed by atoms with Gasteiger partial charge in [-0.05, 0) is 80.6 Å². The first-order valence-corrected chi connectivity index (χ1v) is 14.8. The van der Waals surface area contributed by atoms with Gasteiger partial charge in [0.2, 0.25) is 0 Å². The maximum absolute atomic E-state index is 15.0. The molecular weight excluding hydrogens is 610 g/mol. The van der Waals surface area contributed by atoms with Crippen molar-refractivity contribution in [3.8, 4) is 16.9 Å². The minimum absolute atomic E-state index is 0.0215. The molecule has 1 atom stereocenters. The van der Waals surface area contributed by atoms with Crippen molar-refractivity contribution in [2.45, 2.75) is 57.8 Å². The van der Waals surface area contributed by atoms with Crippen molar-refractivity contribution in [3.63, 3.8) is 0 Å². The summed E-state index contributed by atoms with van der Waals surface area (Å²) in [4.78, 5) is 23.8. The molecule has 0 radical (unpaired) electrons. The van der Waals surface area contributed by atoms with Crippen LogP contribution in [0.25, 0.3) is 28.0 Å². The number of rotatable bonds is 13. The molecule has 45 heavy (non-hydrogen) atoms. The zero-order valence-electron chi connectivity index (χ0n) is 25.1. The molecule has 0 aliphatic carbocycles. The number of aromatic amines is 1. The molecule has 2 heterocycles. The molecule has 0 fully saturated rings. The van der Waals surface area contributed by atoms with E-state index < -0.39 is 29.9 Å². The summed E-state index contributed by atoms with van der Waals surface area (Å²) in [5, 5.41) is 3.85. The van der Waals surface area contributed by atoms with E-state index in [9.17, 15) is 18.0 Å². The van der Waals surface area contributed by atoms with E-state index in [0.717, 1.165) is 24.0 Å². The molecular formula is C32H38ClF4N7O. The molecule has 242 valence electrons. The Morgan fingerprint density at radius 3 is 2.53 bits per heavy atom. The molecule has 2 aromatic carbocycles. The molecule has 4 aromatic rings. The van der Waals surface area contributed by atoms with E-state index in [1.807, 2.05) is 19.1 Å². The molecule has 0 aliphatic heterocycles. The topological polar surface area (TPSA) is 127 Å². The first-order chi connectivity index (χ1) is 21.4. The number of amidine groups is 1. The highest BCUT2D eigenvalue weighted by atomic mass is 35.5. The third-order valence-corrected chi connectivity index (χ3v) is 7.04. The van der Waals surface area contributed by atoms with Crippen molar-refractivity contribution >= 4 is 28.5 Å². The Balaban J connectivity index is 0.00000271. The van der Waals surface area contributed by atoms with Gasteiger partial charge < -0.3 is 21.8 Å². The van der Waals surface area contributed by atoms with Crippen molar-refractivity contribution in [1.82, 2.24) is 19.9 Å². The second kappa shape index (κ2) is 16.4. The lowest BCUT2D eigenvalue weighted by Gasteiger charge is -2.09. The van der Waals surface area contributed by atoms with Gasteiger partial charge in [0, 0.05) is 36.3 Å². The van der Waals surface area contributed by atoms with Crippen LogP contribution < -0.4 is 22.5 Å². The highest BCUT2D eigenvalue weighted by Gasteiger charge is 2.28. The average Bonchev–Trinajstić information content (AvgIpc) is 3.39. The second-order valence-corrected chi connectivity index (χ2v) is 11.0. The van der Waals surface area contributed by atoms with Crippen LogP contribution in [0.5, 0.6) is 0 Å². The van der Waals surface area contributed by atoms with E-state index in [0.29, 0.717) is 53.9 Å². The molecule has 0 amide bonds. The van der Waals surface area contributed by atoms with Crippen LogP contribution in [0.1, 0.15) is 43.7 Å². The molecule has 0 saturated carbocycles. The van der Waals surface area contributed by atoms with Crippen molar-refractivity contribution in [3.05, 3.63) is 94.3 Å². The van der Waals surface area contributed by atoms with Crippen LogP contribution in [0.3, 0.4) is 0 Å². The maximum Gasteiger partial charge on any atom is 0.395 e. The molecule has 2 aromatic heterocycles. The summed E-state index contributed by atoms with van der Waals surface area (Å²) in [6.07, 6.45) is -0.995. The number of alkyl halides is 3. The SMILES string of the molecule is C=C.CC(N)CCCc1cc(Cl)c(F)c(-c2cc3cn(-c4ccc(CNCCCN=C(N)CC(F)(F)F)cc4)c(=O)nc3[nH]2)c1. The van der Waals surface area contributed by atoms with Crippen LogP contribution in [0.4, 0.5) is 17.6 Å². The van der Waals surface area contributed by atoms with Gasteiger partial charge in [0.05, 0.1) is 16.4 Å². The molecule has 4 rings (SSSR count). The fourth-order valence-corrected chi connectivity index (χ4v) is 4.88. The number of aryl methyl sites for hydroxylation is 1. The van der Waals surface area contributed by atoms with Gasteiger partial charge >= 0.3 is 11.9 Å². The molecule has 1 unspecified atom stereocenters. The van der Waals surface area contributed by atoms with E-state index in [2.05, 4.69) is 33.4 Å². The number of benzene rings is 2. The summed E-state index contributed by atoms with van der Waals surface area (Å²) in [5.74, 6) is -0.974. The monoisotopic (exact) mass is 647 g/mol. The van der Waals surface area contributed by atoms with E-state index in [4.69, 9.17) is 23.1 Å². The number of nitrogens with two attached hydrogens (primary N) is 2. The normalized spacial score (nSPS) is 12.6. The number of H-pyrrole nitrogens is 1. The highest BCUT2D eigenvalue weighted by molar-refractivity contribution is 6.31. The maximum atomic E-state index is 15.0. The molecule has 13 heteroatoms. The largest absolute Gasteiger partial charge is 0.395 e. The Hall–Kier alpha value is -4.00.